The molecule has 84 valence electrons. The molecule has 0 atom stereocenters. The first-order chi connectivity index (χ1) is 7.60. The van der Waals surface area contributed by atoms with E-state index in [0.717, 1.165) is 6.07 Å². The Morgan fingerprint density at radius 2 is 2.19 bits per heavy atom. The van der Waals surface area contributed by atoms with E-state index in [1.54, 1.807) is 0 Å². The highest BCUT2D eigenvalue weighted by Crippen LogP contribution is 2.19. The van der Waals surface area contributed by atoms with E-state index in [1.165, 1.54) is 19.2 Å². The minimum absolute atomic E-state index is 0.193. The third kappa shape index (κ3) is 2.45. The van der Waals surface area contributed by atoms with Gasteiger partial charge in [-0.3, -0.25) is 4.79 Å². The maximum absolute atomic E-state index is 13.3. The van der Waals surface area contributed by atoms with E-state index in [1.807, 2.05) is 0 Å². The molecular formula is C10H8F2N2O2. The summed E-state index contributed by atoms with van der Waals surface area (Å²) in [5, 5.41) is 10.8. The molecule has 0 spiro atoms. The van der Waals surface area contributed by atoms with E-state index < -0.39 is 17.6 Å². The lowest BCUT2D eigenvalue weighted by atomic mass is 10.2. The van der Waals surface area contributed by atoms with Gasteiger partial charge in [0.1, 0.15) is 12.6 Å². The fourth-order valence-electron chi connectivity index (χ4n) is 1.01. The lowest BCUT2D eigenvalue weighted by Crippen LogP contribution is -2.16. The van der Waals surface area contributed by atoms with Gasteiger partial charge in [-0.25, -0.2) is 8.78 Å². The number of benzene rings is 1. The Morgan fingerprint density at radius 3 is 2.75 bits per heavy atom. The van der Waals surface area contributed by atoms with Gasteiger partial charge in [0, 0.05) is 0 Å². The largest absolute Gasteiger partial charge is 0.468 e. The molecule has 0 amide bonds. The lowest BCUT2D eigenvalue weighted by Gasteiger charge is -2.07. The summed E-state index contributed by atoms with van der Waals surface area (Å²) in [4.78, 5) is 10.8. The quantitative estimate of drug-likeness (QED) is 0.792. The summed E-state index contributed by atoms with van der Waals surface area (Å²) in [5.41, 5.74) is -0.581. The van der Waals surface area contributed by atoms with Gasteiger partial charge in [0.25, 0.3) is 0 Å². The summed E-state index contributed by atoms with van der Waals surface area (Å²) in [6.07, 6.45) is 0. The fourth-order valence-corrected chi connectivity index (χ4v) is 1.01. The first-order valence-corrected chi connectivity index (χ1v) is 4.29. The molecule has 0 bridgehead atoms. The Morgan fingerprint density at radius 1 is 1.50 bits per heavy atom. The van der Waals surface area contributed by atoms with Gasteiger partial charge in [-0.2, -0.15) is 5.26 Å². The summed E-state index contributed by atoms with van der Waals surface area (Å²) < 4.78 is 30.7. The number of ether oxygens (including phenoxy) is 1. The van der Waals surface area contributed by atoms with Crippen molar-refractivity contribution in [1.29, 1.82) is 5.26 Å². The molecule has 0 aliphatic carbocycles. The van der Waals surface area contributed by atoms with E-state index in [9.17, 15) is 13.6 Å². The molecule has 4 nitrogen and oxygen atoms in total. The Bertz CT molecular complexity index is 455. The van der Waals surface area contributed by atoms with Gasteiger partial charge >= 0.3 is 5.97 Å². The molecule has 0 unspecified atom stereocenters. The number of esters is 1. The highest BCUT2D eigenvalue weighted by Gasteiger charge is 2.13. The van der Waals surface area contributed by atoms with Crippen LogP contribution in [0.3, 0.4) is 0 Å². The number of carbonyl (C=O) groups excluding carboxylic acids is 1. The van der Waals surface area contributed by atoms with E-state index in [2.05, 4.69) is 10.1 Å². The molecule has 0 fully saturated rings. The molecule has 0 aromatic heterocycles. The summed E-state index contributed by atoms with van der Waals surface area (Å²) in [6, 6.07) is 3.81. The van der Waals surface area contributed by atoms with Crippen molar-refractivity contribution in [1.82, 2.24) is 0 Å². The smallest absolute Gasteiger partial charge is 0.325 e. The molecule has 0 radical (unpaired) electrons. The Balaban J connectivity index is 2.88. The molecular weight excluding hydrogens is 218 g/mol. The van der Waals surface area contributed by atoms with Crippen LogP contribution in [0, 0.1) is 23.0 Å². The van der Waals surface area contributed by atoms with Crippen LogP contribution in [0.25, 0.3) is 0 Å². The number of nitrogens with zero attached hydrogens (tertiary/aromatic N) is 1. The Labute approximate surface area is 90.4 Å². The number of methoxy groups -OCH3 is 1. The zero-order chi connectivity index (χ0) is 12.1. The predicted molar refractivity (Wildman–Crippen MR) is 51.6 cm³/mol. The molecule has 1 aromatic rings. The maximum atomic E-state index is 13.3. The number of hydrogen-bond acceptors (Lipinski definition) is 4. The standard InChI is InChI=1S/C10H8F2N2O2/c1-16-8(15)5-14-7-3-2-6(4-13)9(11)10(7)12/h2-3,14H,5H2,1H3. The Kier molecular flexibility index (Phi) is 3.78. The van der Waals surface area contributed by atoms with E-state index >= 15 is 0 Å². The van der Waals surface area contributed by atoms with Gasteiger partial charge in [0.2, 0.25) is 0 Å². The normalized spacial score (nSPS) is 9.38. The summed E-state index contributed by atoms with van der Waals surface area (Å²) in [7, 11) is 1.18. The second kappa shape index (κ2) is 5.07. The summed E-state index contributed by atoms with van der Waals surface area (Å²) in [5.74, 6) is -3.04. The number of rotatable bonds is 3. The van der Waals surface area contributed by atoms with Crippen molar-refractivity contribution < 1.29 is 18.3 Å². The number of anilines is 1. The highest BCUT2D eigenvalue weighted by atomic mass is 19.2. The number of carbonyl (C=O) groups is 1. The van der Waals surface area contributed by atoms with Crippen molar-refractivity contribution in [2.24, 2.45) is 0 Å². The van der Waals surface area contributed by atoms with Crippen molar-refractivity contribution in [3.8, 4) is 6.07 Å². The average Bonchev–Trinajstić information content (AvgIpc) is 2.30. The summed E-state index contributed by atoms with van der Waals surface area (Å²) in [6.45, 7) is -0.279. The maximum Gasteiger partial charge on any atom is 0.325 e. The molecule has 16 heavy (non-hydrogen) atoms. The number of hydrogen-bond donors (Lipinski definition) is 1. The van der Waals surface area contributed by atoms with Crippen molar-refractivity contribution in [2.45, 2.75) is 0 Å². The van der Waals surface area contributed by atoms with E-state index in [0.29, 0.717) is 0 Å². The van der Waals surface area contributed by atoms with Gasteiger partial charge in [0.15, 0.2) is 11.6 Å². The molecule has 1 aromatic carbocycles. The van der Waals surface area contributed by atoms with Gasteiger partial charge in [-0.15, -0.1) is 0 Å². The van der Waals surface area contributed by atoms with Gasteiger partial charge in [-0.05, 0) is 12.1 Å². The van der Waals surface area contributed by atoms with Crippen LogP contribution in [0.5, 0.6) is 0 Å². The second-order valence-electron chi connectivity index (χ2n) is 2.83. The van der Waals surface area contributed by atoms with E-state index in [-0.39, 0.29) is 17.8 Å². The number of nitrogens with one attached hydrogen (secondary N) is 1. The van der Waals surface area contributed by atoms with Crippen LogP contribution < -0.4 is 5.32 Å². The molecule has 0 saturated heterocycles. The highest BCUT2D eigenvalue weighted by molar-refractivity contribution is 5.74. The van der Waals surface area contributed by atoms with Crippen LogP contribution in [-0.4, -0.2) is 19.6 Å². The topological polar surface area (TPSA) is 62.1 Å². The minimum atomic E-state index is -1.24. The van der Waals surface area contributed by atoms with Crippen molar-refractivity contribution in [3.05, 3.63) is 29.3 Å². The summed E-state index contributed by atoms with van der Waals surface area (Å²) >= 11 is 0. The molecule has 1 N–H and O–H groups in total. The van der Waals surface area contributed by atoms with Crippen LogP contribution in [-0.2, 0) is 9.53 Å². The minimum Gasteiger partial charge on any atom is -0.468 e. The third-order valence-corrected chi connectivity index (χ3v) is 1.85. The zero-order valence-corrected chi connectivity index (χ0v) is 8.38. The zero-order valence-electron chi connectivity index (χ0n) is 8.38. The first kappa shape index (κ1) is 11.9. The molecule has 0 aliphatic heterocycles. The fraction of sp³-hybridized carbons (Fsp3) is 0.200. The van der Waals surface area contributed by atoms with Crippen LogP contribution in [0.2, 0.25) is 0 Å². The van der Waals surface area contributed by atoms with Gasteiger partial charge in [-0.1, -0.05) is 0 Å². The van der Waals surface area contributed by atoms with Crippen LogP contribution in [0.4, 0.5) is 14.5 Å². The molecule has 0 aliphatic rings. The Hall–Kier alpha value is -2.16. The third-order valence-electron chi connectivity index (χ3n) is 1.85. The second-order valence-corrected chi connectivity index (χ2v) is 2.83. The SMILES string of the molecule is COC(=O)CNc1ccc(C#N)c(F)c1F. The molecule has 0 saturated carbocycles. The first-order valence-electron chi connectivity index (χ1n) is 4.29. The monoisotopic (exact) mass is 226 g/mol. The van der Waals surface area contributed by atoms with Crippen LogP contribution in [0.15, 0.2) is 12.1 Å². The van der Waals surface area contributed by atoms with Gasteiger partial charge < -0.3 is 10.1 Å². The lowest BCUT2D eigenvalue weighted by molar-refractivity contribution is -0.138. The average molecular weight is 226 g/mol. The van der Waals surface area contributed by atoms with Crippen molar-refractivity contribution in [3.63, 3.8) is 0 Å². The van der Waals surface area contributed by atoms with Crippen molar-refractivity contribution in [2.75, 3.05) is 19.0 Å². The molecule has 1 rings (SSSR count). The number of halogens is 2. The van der Waals surface area contributed by atoms with Crippen LogP contribution >= 0.6 is 0 Å². The predicted octanol–water partition coefficient (Wildman–Crippen LogP) is 1.42. The van der Waals surface area contributed by atoms with Crippen molar-refractivity contribution >= 4 is 11.7 Å². The molecule has 0 heterocycles. The van der Waals surface area contributed by atoms with E-state index in [4.69, 9.17) is 5.26 Å². The molecule has 6 heteroatoms. The van der Waals surface area contributed by atoms with Gasteiger partial charge in [0.05, 0.1) is 18.4 Å². The number of nitriles is 1. The van der Waals surface area contributed by atoms with Crippen LogP contribution in [0.1, 0.15) is 5.56 Å².